The van der Waals surface area contributed by atoms with Crippen molar-refractivity contribution in [2.24, 2.45) is 0 Å². The van der Waals surface area contributed by atoms with Crippen LogP contribution >= 0.6 is 11.6 Å². The minimum Gasteiger partial charge on any atom is -0.357 e. The number of hydrogen-bond acceptors (Lipinski definition) is 2. The van der Waals surface area contributed by atoms with Crippen LogP contribution in [0.3, 0.4) is 0 Å². The summed E-state index contributed by atoms with van der Waals surface area (Å²) in [4.78, 5) is 5.40. The molecule has 0 amide bonds. The van der Waals surface area contributed by atoms with Crippen molar-refractivity contribution in [3.63, 3.8) is 0 Å². The van der Waals surface area contributed by atoms with E-state index in [-0.39, 0.29) is 0 Å². The fourth-order valence-corrected chi connectivity index (χ4v) is 1.56. The molecule has 0 saturated heterocycles. The van der Waals surface area contributed by atoms with Crippen LogP contribution in [0.25, 0.3) is 0 Å². The molecule has 1 aromatic rings. The molecule has 0 radical (unpaired) electrons. The zero-order chi connectivity index (χ0) is 12.9. The van der Waals surface area contributed by atoms with E-state index in [1.54, 1.807) is 11.0 Å². The Morgan fingerprint density at radius 3 is 2.59 bits per heavy atom. The van der Waals surface area contributed by atoms with Crippen molar-refractivity contribution in [3.8, 4) is 0 Å². The van der Waals surface area contributed by atoms with Crippen molar-refractivity contribution in [1.29, 1.82) is 0 Å². The van der Waals surface area contributed by atoms with E-state index in [9.17, 15) is 13.2 Å². The molecule has 0 spiro atoms. The van der Waals surface area contributed by atoms with E-state index in [1.807, 2.05) is 6.92 Å². The van der Waals surface area contributed by atoms with Crippen LogP contribution in [0.5, 0.6) is 0 Å². The number of alkyl halides is 4. The van der Waals surface area contributed by atoms with Gasteiger partial charge in [0.25, 0.3) is 0 Å². The van der Waals surface area contributed by atoms with Crippen LogP contribution in [0, 0.1) is 0 Å². The summed E-state index contributed by atoms with van der Waals surface area (Å²) in [6.07, 6.45) is -3.69. The summed E-state index contributed by atoms with van der Waals surface area (Å²) in [6.45, 7) is 3.08. The third-order valence-corrected chi connectivity index (χ3v) is 2.56. The van der Waals surface area contributed by atoms with E-state index in [0.717, 1.165) is 6.07 Å². The molecule has 0 atom stereocenters. The molecule has 0 unspecified atom stereocenters. The van der Waals surface area contributed by atoms with E-state index >= 15 is 0 Å². The van der Waals surface area contributed by atoms with Gasteiger partial charge in [-0.1, -0.05) is 6.07 Å². The lowest BCUT2D eigenvalue weighted by atomic mass is 10.3. The lowest BCUT2D eigenvalue weighted by molar-refractivity contribution is -0.141. The summed E-state index contributed by atoms with van der Waals surface area (Å²) in [5, 5.41) is 0. The Kier molecular flexibility index (Phi) is 5.05. The molecule has 1 heterocycles. The maximum atomic E-state index is 12.5. The molecule has 0 aromatic carbocycles. The topological polar surface area (TPSA) is 16.1 Å². The van der Waals surface area contributed by atoms with Crippen LogP contribution in [0.4, 0.5) is 19.0 Å². The first-order valence-electron chi connectivity index (χ1n) is 5.34. The molecule has 0 N–H and O–H groups in total. The predicted molar refractivity (Wildman–Crippen MR) is 62.5 cm³/mol. The van der Waals surface area contributed by atoms with E-state index < -0.39 is 11.9 Å². The van der Waals surface area contributed by atoms with Crippen molar-refractivity contribution in [2.75, 3.05) is 23.9 Å². The van der Waals surface area contributed by atoms with Gasteiger partial charge < -0.3 is 4.90 Å². The van der Waals surface area contributed by atoms with E-state index in [0.29, 0.717) is 31.2 Å². The lowest BCUT2D eigenvalue weighted by Gasteiger charge is -2.22. The van der Waals surface area contributed by atoms with Gasteiger partial charge in [0.05, 0.1) is 0 Å². The van der Waals surface area contributed by atoms with Crippen molar-refractivity contribution in [1.82, 2.24) is 4.98 Å². The van der Waals surface area contributed by atoms with Gasteiger partial charge in [-0.15, -0.1) is 11.6 Å². The Balaban J connectivity index is 2.89. The number of anilines is 1. The Morgan fingerprint density at radius 2 is 2.06 bits per heavy atom. The molecule has 0 saturated carbocycles. The van der Waals surface area contributed by atoms with Crippen LogP contribution in [0.2, 0.25) is 0 Å². The first-order valence-corrected chi connectivity index (χ1v) is 5.87. The zero-order valence-corrected chi connectivity index (χ0v) is 10.2. The van der Waals surface area contributed by atoms with Gasteiger partial charge in [-0.05, 0) is 25.5 Å². The maximum absolute atomic E-state index is 12.5. The Labute approximate surface area is 103 Å². The summed E-state index contributed by atoms with van der Waals surface area (Å²) in [5.41, 5.74) is -0.862. The minimum absolute atomic E-state index is 0.340. The first-order chi connectivity index (χ1) is 7.99. The van der Waals surface area contributed by atoms with Crippen molar-refractivity contribution in [3.05, 3.63) is 23.9 Å². The van der Waals surface area contributed by atoms with Crippen molar-refractivity contribution < 1.29 is 13.2 Å². The quantitative estimate of drug-likeness (QED) is 0.758. The highest BCUT2D eigenvalue weighted by atomic mass is 35.5. The summed E-state index contributed by atoms with van der Waals surface area (Å²) >= 11 is 5.57. The second-order valence-corrected chi connectivity index (χ2v) is 3.88. The predicted octanol–water partition coefficient (Wildman–Crippen LogP) is 3.56. The molecular weight excluding hydrogens is 253 g/mol. The van der Waals surface area contributed by atoms with Crippen LogP contribution in [-0.4, -0.2) is 24.0 Å². The lowest BCUT2D eigenvalue weighted by Crippen LogP contribution is -2.26. The highest BCUT2D eigenvalue weighted by Crippen LogP contribution is 2.28. The minimum atomic E-state index is -4.40. The van der Waals surface area contributed by atoms with E-state index in [4.69, 9.17) is 11.6 Å². The van der Waals surface area contributed by atoms with E-state index in [2.05, 4.69) is 4.98 Å². The van der Waals surface area contributed by atoms with Gasteiger partial charge in [0.2, 0.25) is 0 Å². The van der Waals surface area contributed by atoms with Crippen molar-refractivity contribution in [2.45, 2.75) is 19.5 Å². The highest BCUT2D eigenvalue weighted by molar-refractivity contribution is 6.17. The standard InChI is InChI=1S/C11H14ClF3N2/c1-2-17(8-4-7-12)10-6-3-5-9(16-10)11(13,14)15/h3,5-6H,2,4,7-8H2,1H3. The van der Waals surface area contributed by atoms with Gasteiger partial charge in [0.15, 0.2) is 0 Å². The van der Waals surface area contributed by atoms with E-state index in [1.165, 1.54) is 6.07 Å². The fourth-order valence-electron chi connectivity index (χ4n) is 1.44. The van der Waals surface area contributed by atoms with Gasteiger partial charge in [0.1, 0.15) is 11.5 Å². The number of hydrogen-bond donors (Lipinski definition) is 0. The smallest absolute Gasteiger partial charge is 0.357 e. The SMILES string of the molecule is CCN(CCCCl)c1cccc(C(F)(F)F)n1. The van der Waals surface area contributed by atoms with Gasteiger partial charge in [-0.2, -0.15) is 13.2 Å². The van der Waals surface area contributed by atoms with Crippen LogP contribution in [0.15, 0.2) is 18.2 Å². The molecule has 2 nitrogen and oxygen atoms in total. The molecule has 96 valence electrons. The maximum Gasteiger partial charge on any atom is 0.433 e. The van der Waals surface area contributed by atoms with Gasteiger partial charge >= 0.3 is 6.18 Å². The molecular formula is C11H14ClF3N2. The van der Waals surface area contributed by atoms with Gasteiger partial charge in [-0.3, -0.25) is 0 Å². The zero-order valence-electron chi connectivity index (χ0n) is 9.47. The number of aromatic nitrogens is 1. The molecule has 1 aromatic heterocycles. The molecule has 0 aliphatic heterocycles. The summed E-state index contributed by atoms with van der Waals surface area (Å²) in [6, 6.07) is 3.92. The molecule has 0 aliphatic carbocycles. The number of nitrogens with zero attached hydrogens (tertiary/aromatic N) is 2. The summed E-state index contributed by atoms with van der Waals surface area (Å²) < 4.78 is 37.5. The Bertz CT molecular complexity index is 355. The van der Waals surface area contributed by atoms with Crippen molar-refractivity contribution >= 4 is 17.4 Å². The normalized spacial score (nSPS) is 11.6. The molecule has 1 rings (SSSR count). The molecule has 0 bridgehead atoms. The van der Waals surface area contributed by atoms with Gasteiger partial charge in [-0.25, -0.2) is 4.98 Å². The highest BCUT2D eigenvalue weighted by Gasteiger charge is 2.32. The number of halogens is 4. The monoisotopic (exact) mass is 266 g/mol. The largest absolute Gasteiger partial charge is 0.433 e. The van der Waals surface area contributed by atoms with Crippen LogP contribution < -0.4 is 4.90 Å². The van der Waals surface area contributed by atoms with Crippen LogP contribution in [0.1, 0.15) is 19.0 Å². The molecule has 17 heavy (non-hydrogen) atoms. The third kappa shape index (κ3) is 4.07. The van der Waals surface area contributed by atoms with Gasteiger partial charge in [0, 0.05) is 19.0 Å². The first kappa shape index (κ1) is 14.1. The number of pyridine rings is 1. The Hall–Kier alpha value is -0.970. The summed E-state index contributed by atoms with van der Waals surface area (Å²) in [5.74, 6) is 0.822. The average molecular weight is 267 g/mol. The fraction of sp³-hybridized carbons (Fsp3) is 0.545. The molecule has 6 heteroatoms. The Morgan fingerprint density at radius 1 is 1.35 bits per heavy atom. The third-order valence-electron chi connectivity index (χ3n) is 2.29. The molecule has 0 aliphatic rings. The second kappa shape index (κ2) is 6.10. The second-order valence-electron chi connectivity index (χ2n) is 3.50. The van der Waals surface area contributed by atoms with Crippen LogP contribution in [-0.2, 0) is 6.18 Å². The summed E-state index contributed by atoms with van der Waals surface area (Å²) in [7, 11) is 0. The number of rotatable bonds is 5. The average Bonchev–Trinajstić information content (AvgIpc) is 2.29. The molecule has 0 fully saturated rings.